The number of rotatable bonds is 9. The predicted octanol–water partition coefficient (Wildman–Crippen LogP) is 5.19. The molecule has 146 valence electrons. The van der Waals surface area contributed by atoms with Gasteiger partial charge in [0.05, 0.1) is 13.7 Å². The third kappa shape index (κ3) is 5.16. The van der Waals surface area contributed by atoms with Crippen molar-refractivity contribution in [1.82, 2.24) is 4.98 Å². The van der Waals surface area contributed by atoms with Gasteiger partial charge in [0.2, 0.25) is 0 Å². The van der Waals surface area contributed by atoms with Crippen molar-refractivity contribution in [3.63, 3.8) is 0 Å². The van der Waals surface area contributed by atoms with Gasteiger partial charge in [-0.3, -0.25) is 9.78 Å². The molecule has 0 N–H and O–H groups in total. The molecule has 0 saturated carbocycles. The van der Waals surface area contributed by atoms with Crippen LogP contribution < -0.4 is 4.74 Å². The fourth-order valence-electron chi connectivity index (χ4n) is 3.09. The van der Waals surface area contributed by atoms with E-state index in [-0.39, 0.29) is 5.78 Å². The van der Waals surface area contributed by atoms with Gasteiger partial charge >= 0.3 is 0 Å². The van der Waals surface area contributed by atoms with E-state index in [1.807, 2.05) is 44.3 Å². The minimum absolute atomic E-state index is 0.259. The van der Waals surface area contributed by atoms with Gasteiger partial charge in [-0.2, -0.15) is 0 Å². The minimum Gasteiger partial charge on any atom is -0.496 e. The highest BCUT2D eigenvalue weighted by atomic mass is 16.5. The number of benzene rings is 1. The SMILES string of the molecule is COCc1cncc(-c2ccc(C(C)(C)C(=O)CCC(C)C)cc2OC)c1. The summed E-state index contributed by atoms with van der Waals surface area (Å²) in [4.78, 5) is 17.1. The summed E-state index contributed by atoms with van der Waals surface area (Å²) < 4.78 is 10.8. The number of pyridine rings is 1. The van der Waals surface area contributed by atoms with Crippen molar-refractivity contribution in [3.05, 3.63) is 47.8 Å². The largest absolute Gasteiger partial charge is 0.496 e. The number of ether oxygens (including phenoxy) is 2. The molecule has 0 unspecified atom stereocenters. The molecule has 0 radical (unpaired) electrons. The third-order valence-corrected chi connectivity index (χ3v) is 4.99. The standard InChI is InChI=1S/C23H31NO3/c1-16(2)7-10-22(25)23(3,4)19-8-9-20(21(12-19)27-6)18-11-17(15-26-5)13-24-14-18/h8-9,11-14,16H,7,10,15H2,1-6H3. The number of methoxy groups -OCH3 is 2. The van der Waals surface area contributed by atoms with Crippen molar-refractivity contribution in [2.24, 2.45) is 5.92 Å². The molecule has 0 amide bonds. The number of nitrogens with zero attached hydrogens (tertiary/aromatic N) is 1. The molecule has 1 aromatic heterocycles. The van der Waals surface area contributed by atoms with Gasteiger partial charge in [-0.05, 0) is 49.4 Å². The highest BCUT2D eigenvalue weighted by Crippen LogP contribution is 2.36. The Morgan fingerprint density at radius 3 is 2.52 bits per heavy atom. The summed E-state index contributed by atoms with van der Waals surface area (Å²) in [6.45, 7) is 8.78. The molecule has 0 fully saturated rings. The lowest BCUT2D eigenvalue weighted by molar-refractivity contribution is -0.123. The number of carbonyl (C=O) groups is 1. The molecule has 0 aliphatic rings. The van der Waals surface area contributed by atoms with Crippen LogP contribution in [0, 0.1) is 5.92 Å². The van der Waals surface area contributed by atoms with Crippen LogP contribution in [0.3, 0.4) is 0 Å². The Morgan fingerprint density at radius 1 is 1.15 bits per heavy atom. The van der Waals surface area contributed by atoms with Crippen molar-refractivity contribution in [3.8, 4) is 16.9 Å². The molecule has 0 bridgehead atoms. The van der Waals surface area contributed by atoms with Crippen molar-refractivity contribution >= 4 is 5.78 Å². The van der Waals surface area contributed by atoms with Gasteiger partial charge in [0.15, 0.2) is 0 Å². The lowest BCUT2D eigenvalue weighted by atomic mass is 9.78. The molecule has 0 aliphatic heterocycles. The number of carbonyl (C=O) groups excluding carboxylic acids is 1. The first-order chi connectivity index (χ1) is 12.8. The van der Waals surface area contributed by atoms with E-state index in [1.54, 1.807) is 20.4 Å². The molecule has 4 nitrogen and oxygen atoms in total. The highest BCUT2D eigenvalue weighted by molar-refractivity contribution is 5.89. The van der Waals surface area contributed by atoms with Crippen LogP contribution in [0.25, 0.3) is 11.1 Å². The topological polar surface area (TPSA) is 48.4 Å². The zero-order valence-electron chi connectivity index (χ0n) is 17.3. The fraction of sp³-hybridized carbons (Fsp3) is 0.478. The van der Waals surface area contributed by atoms with Crippen molar-refractivity contribution in [1.29, 1.82) is 0 Å². The number of ketones is 1. The second-order valence-electron chi connectivity index (χ2n) is 7.91. The van der Waals surface area contributed by atoms with Crippen molar-refractivity contribution in [2.75, 3.05) is 14.2 Å². The molecule has 0 atom stereocenters. The molecule has 1 heterocycles. The third-order valence-electron chi connectivity index (χ3n) is 4.99. The maximum Gasteiger partial charge on any atom is 0.142 e. The monoisotopic (exact) mass is 369 g/mol. The van der Waals surface area contributed by atoms with Gasteiger partial charge in [0, 0.05) is 42.5 Å². The highest BCUT2D eigenvalue weighted by Gasteiger charge is 2.30. The smallest absolute Gasteiger partial charge is 0.142 e. The van der Waals surface area contributed by atoms with E-state index in [4.69, 9.17) is 9.47 Å². The first-order valence-electron chi connectivity index (χ1n) is 9.44. The van der Waals surface area contributed by atoms with Crippen molar-refractivity contribution < 1.29 is 14.3 Å². The number of hydrogen-bond donors (Lipinski definition) is 0. The van der Waals surface area contributed by atoms with Gasteiger partial charge in [-0.1, -0.05) is 26.0 Å². The summed E-state index contributed by atoms with van der Waals surface area (Å²) in [5.74, 6) is 1.52. The lowest BCUT2D eigenvalue weighted by Crippen LogP contribution is -2.29. The predicted molar refractivity (Wildman–Crippen MR) is 109 cm³/mol. The first-order valence-corrected chi connectivity index (χ1v) is 9.44. The average molecular weight is 370 g/mol. The second kappa shape index (κ2) is 9.14. The lowest BCUT2D eigenvalue weighted by Gasteiger charge is -2.25. The Hall–Kier alpha value is -2.20. The van der Waals surface area contributed by atoms with Crippen LogP contribution in [-0.2, 0) is 21.6 Å². The van der Waals surface area contributed by atoms with E-state index < -0.39 is 5.41 Å². The quantitative estimate of drug-likeness (QED) is 0.610. The molecule has 1 aromatic carbocycles. The molecule has 2 aromatic rings. The summed E-state index contributed by atoms with van der Waals surface area (Å²) in [6, 6.07) is 8.06. The number of hydrogen-bond acceptors (Lipinski definition) is 4. The Bertz CT molecular complexity index is 781. The summed E-state index contributed by atoms with van der Waals surface area (Å²) in [7, 11) is 3.32. The van der Waals surface area contributed by atoms with Crippen LogP contribution in [0.15, 0.2) is 36.7 Å². The summed E-state index contributed by atoms with van der Waals surface area (Å²) in [6.07, 6.45) is 5.12. The van der Waals surface area contributed by atoms with E-state index in [1.165, 1.54) is 0 Å². The minimum atomic E-state index is -0.545. The number of Topliss-reactive ketones (excluding diaryl/α,β-unsaturated/α-hetero) is 1. The molecule has 0 aliphatic carbocycles. The van der Waals surface area contributed by atoms with Gasteiger partial charge in [-0.15, -0.1) is 0 Å². The van der Waals surface area contributed by atoms with Crippen LogP contribution >= 0.6 is 0 Å². The molecule has 2 rings (SSSR count). The van der Waals surface area contributed by atoms with Crippen LogP contribution in [0.5, 0.6) is 5.75 Å². The molecular formula is C23H31NO3. The summed E-state index contributed by atoms with van der Waals surface area (Å²) in [5, 5.41) is 0. The van der Waals surface area contributed by atoms with Gasteiger partial charge in [0.1, 0.15) is 11.5 Å². The Balaban J connectivity index is 2.35. The van der Waals surface area contributed by atoms with Gasteiger partial charge in [0.25, 0.3) is 0 Å². The van der Waals surface area contributed by atoms with E-state index in [2.05, 4.69) is 18.8 Å². The molecule has 27 heavy (non-hydrogen) atoms. The first kappa shape index (κ1) is 21.1. The summed E-state index contributed by atoms with van der Waals surface area (Å²) >= 11 is 0. The molecular weight excluding hydrogens is 338 g/mol. The molecule has 0 spiro atoms. The number of aromatic nitrogens is 1. The van der Waals surface area contributed by atoms with E-state index in [9.17, 15) is 4.79 Å². The fourth-order valence-corrected chi connectivity index (χ4v) is 3.09. The maximum absolute atomic E-state index is 12.8. The van der Waals surface area contributed by atoms with Crippen LogP contribution in [0.1, 0.15) is 51.7 Å². The normalized spacial score (nSPS) is 11.7. The Labute approximate surface area is 162 Å². The van der Waals surface area contributed by atoms with Crippen molar-refractivity contribution in [2.45, 2.75) is 52.6 Å². The molecule has 0 saturated heterocycles. The van der Waals surface area contributed by atoms with E-state index >= 15 is 0 Å². The zero-order chi connectivity index (χ0) is 20.0. The Morgan fingerprint density at radius 2 is 1.89 bits per heavy atom. The maximum atomic E-state index is 12.8. The van der Waals surface area contributed by atoms with Crippen LogP contribution in [-0.4, -0.2) is 25.0 Å². The molecule has 4 heteroatoms. The van der Waals surface area contributed by atoms with Crippen LogP contribution in [0.4, 0.5) is 0 Å². The zero-order valence-corrected chi connectivity index (χ0v) is 17.3. The van der Waals surface area contributed by atoms with E-state index in [0.29, 0.717) is 18.9 Å². The summed E-state index contributed by atoms with van der Waals surface area (Å²) in [5.41, 5.74) is 3.36. The average Bonchev–Trinajstić information content (AvgIpc) is 2.65. The second-order valence-corrected chi connectivity index (χ2v) is 7.91. The van der Waals surface area contributed by atoms with Crippen LogP contribution in [0.2, 0.25) is 0 Å². The van der Waals surface area contributed by atoms with Gasteiger partial charge < -0.3 is 9.47 Å². The van der Waals surface area contributed by atoms with E-state index in [0.717, 1.165) is 34.4 Å². The Kier molecular flexibility index (Phi) is 7.14. The van der Waals surface area contributed by atoms with Gasteiger partial charge in [-0.25, -0.2) is 0 Å².